The highest BCUT2D eigenvalue weighted by Gasteiger charge is 2.29. The molecule has 1 fully saturated rings. The molecule has 1 saturated heterocycles. The molecule has 3 aromatic rings. The highest BCUT2D eigenvalue weighted by molar-refractivity contribution is 7.16. The molecule has 0 N–H and O–H groups in total. The molecular weight excluding hydrogens is 436 g/mol. The first-order valence-corrected chi connectivity index (χ1v) is 12.0. The van der Waals surface area contributed by atoms with Gasteiger partial charge < -0.3 is 18.9 Å². The number of hydrogen-bond acceptors (Lipinski definition) is 6. The van der Waals surface area contributed by atoms with E-state index in [0.717, 1.165) is 35.1 Å². The Kier molecular flexibility index (Phi) is 7.13. The number of carbonyl (C=O) groups is 1. The monoisotopic (exact) mass is 466 g/mol. The van der Waals surface area contributed by atoms with Crippen molar-refractivity contribution in [3.8, 4) is 11.5 Å². The van der Waals surface area contributed by atoms with Crippen LogP contribution in [0.25, 0.3) is 10.2 Å². The molecule has 2 heterocycles. The zero-order valence-corrected chi connectivity index (χ0v) is 20.3. The minimum atomic E-state index is -0.00372. The number of rotatable bonds is 6. The largest absolute Gasteiger partial charge is 0.493 e. The van der Waals surface area contributed by atoms with Gasteiger partial charge in [-0.1, -0.05) is 23.5 Å². The maximum atomic E-state index is 12.8. The average molecular weight is 467 g/mol. The van der Waals surface area contributed by atoms with E-state index in [0.29, 0.717) is 11.5 Å². The van der Waals surface area contributed by atoms with Crippen LogP contribution in [0.3, 0.4) is 0 Å². The molecule has 2 unspecified atom stereocenters. The maximum Gasteiger partial charge on any atom is 0.260 e. The number of piperidine rings is 1. The molecule has 2 aromatic carbocycles. The van der Waals surface area contributed by atoms with Crippen molar-refractivity contribution in [3.05, 3.63) is 52.8 Å². The van der Waals surface area contributed by atoms with Crippen molar-refractivity contribution in [3.63, 3.8) is 0 Å². The number of methoxy groups -OCH3 is 1. The fourth-order valence-electron chi connectivity index (χ4n) is 4.33. The molecule has 1 aromatic heterocycles. The van der Waals surface area contributed by atoms with Gasteiger partial charge in [0, 0.05) is 19.1 Å². The molecule has 0 bridgehead atoms. The van der Waals surface area contributed by atoms with Gasteiger partial charge in [0.1, 0.15) is 0 Å². The van der Waals surface area contributed by atoms with Crippen molar-refractivity contribution in [2.24, 2.45) is 17.3 Å². The van der Waals surface area contributed by atoms with E-state index in [1.54, 1.807) is 30.7 Å². The van der Waals surface area contributed by atoms with Crippen LogP contribution in [-0.4, -0.2) is 47.4 Å². The maximum absolute atomic E-state index is 12.8. The molecule has 174 valence electrons. The molecule has 2 atom stereocenters. The van der Waals surface area contributed by atoms with E-state index in [-0.39, 0.29) is 24.6 Å². The van der Waals surface area contributed by atoms with Crippen LogP contribution in [0.1, 0.15) is 38.7 Å². The molecule has 1 aliphatic heterocycles. The first-order valence-electron chi connectivity index (χ1n) is 11.2. The fraction of sp³-hybridized carbons (Fsp3) is 0.400. The molecule has 8 heteroatoms. The van der Waals surface area contributed by atoms with Crippen molar-refractivity contribution >= 4 is 33.7 Å². The number of aromatic nitrogens is 1. The second-order valence-electron chi connectivity index (χ2n) is 8.38. The van der Waals surface area contributed by atoms with Crippen molar-refractivity contribution in [2.45, 2.75) is 45.2 Å². The predicted octanol–water partition coefficient (Wildman–Crippen LogP) is 4.35. The van der Waals surface area contributed by atoms with Crippen LogP contribution in [0.15, 0.2) is 52.7 Å². The Labute approximate surface area is 198 Å². The Morgan fingerprint density at radius 3 is 2.64 bits per heavy atom. The van der Waals surface area contributed by atoms with Crippen molar-refractivity contribution in [1.29, 1.82) is 0 Å². The van der Waals surface area contributed by atoms with E-state index in [2.05, 4.69) is 36.2 Å². The zero-order valence-electron chi connectivity index (χ0n) is 19.5. The van der Waals surface area contributed by atoms with E-state index in [1.807, 2.05) is 40.8 Å². The first-order chi connectivity index (χ1) is 16.0. The van der Waals surface area contributed by atoms with Gasteiger partial charge in [-0.15, -0.1) is 5.10 Å². The summed E-state index contributed by atoms with van der Waals surface area (Å²) in [4.78, 5) is 15.5. The van der Waals surface area contributed by atoms with Gasteiger partial charge >= 0.3 is 0 Å². The lowest BCUT2D eigenvalue weighted by molar-refractivity contribution is -0.139. The Bertz CT molecular complexity index is 1220. The van der Waals surface area contributed by atoms with Gasteiger partial charge in [-0.05, 0) is 69.0 Å². The molecule has 33 heavy (non-hydrogen) atoms. The highest BCUT2D eigenvalue weighted by Crippen LogP contribution is 2.28. The third kappa shape index (κ3) is 5.11. The van der Waals surface area contributed by atoms with Gasteiger partial charge in [0.15, 0.2) is 18.1 Å². The lowest BCUT2D eigenvalue weighted by atomic mass is 9.97. The highest BCUT2D eigenvalue weighted by atomic mass is 32.1. The molecule has 0 saturated carbocycles. The summed E-state index contributed by atoms with van der Waals surface area (Å²) in [6.45, 7) is 4.20. The fourth-order valence-corrected chi connectivity index (χ4v) is 5.31. The molecule has 7 nitrogen and oxygen atoms in total. The predicted molar refractivity (Wildman–Crippen MR) is 132 cm³/mol. The Morgan fingerprint density at radius 2 is 1.91 bits per heavy atom. The van der Waals surface area contributed by atoms with Crippen LogP contribution >= 0.6 is 11.3 Å². The second kappa shape index (κ2) is 10.2. The van der Waals surface area contributed by atoms with Crippen LogP contribution in [0.4, 0.5) is 0 Å². The van der Waals surface area contributed by atoms with Gasteiger partial charge in [0.05, 0.1) is 23.5 Å². The summed E-state index contributed by atoms with van der Waals surface area (Å²) in [6.07, 6.45) is 4.92. The van der Waals surface area contributed by atoms with Crippen molar-refractivity contribution in [2.75, 3.05) is 13.7 Å². The summed E-state index contributed by atoms with van der Waals surface area (Å²) in [5.74, 6) is 1.10. The van der Waals surface area contributed by atoms with E-state index in [4.69, 9.17) is 9.47 Å². The molecule has 1 aliphatic rings. The lowest BCUT2D eigenvalue weighted by Gasteiger charge is -2.39. The minimum Gasteiger partial charge on any atom is -0.493 e. The summed E-state index contributed by atoms with van der Waals surface area (Å²) >= 11 is 1.59. The second-order valence-corrected chi connectivity index (χ2v) is 9.39. The summed E-state index contributed by atoms with van der Waals surface area (Å²) in [6, 6.07) is 14.2. The smallest absolute Gasteiger partial charge is 0.260 e. The Hall–Kier alpha value is -3.13. The molecular formula is C25H30N4O3S. The summed E-state index contributed by atoms with van der Waals surface area (Å²) < 4.78 is 14.5. The molecule has 4 rings (SSSR count). The molecule has 1 amide bonds. The minimum absolute atomic E-state index is 0.00372. The number of hydrogen-bond donors (Lipinski definition) is 0. The van der Waals surface area contributed by atoms with E-state index < -0.39 is 0 Å². The number of aryl methyl sites for hydroxylation is 1. The number of ether oxygens (including phenoxy) is 2. The average Bonchev–Trinajstić information content (AvgIpc) is 3.13. The summed E-state index contributed by atoms with van der Waals surface area (Å²) in [5, 5.41) is 8.63. The van der Waals surface area contributed by atoms with E-state index >= 15 is 0 Å². The number of likely N-dealkylation sites (tertiary alicyclic amines) is 1. The third-order valence-corrected chi connectivity index (χ3v) is 7.19. The summed E-state index contributed by atoms with van der Waals surface area (Å²) in [5.41, 5.74) is 1.96. The van der Waals surface area contributed by atoms with E-state index in [1.165, 1.54) is 4.70 Å². The van der Waals surface area contributed by atoms with Gasteiger partial charge in [-0.2, -0.15) is 5.10 Å². The van der Waals surface area contributed by atoms with Gasteiger partial charge in [-0.25, -0.2) is 0 Å². The van der Waals surface area contributed by atoms with Crippen LogP contribution in [0, 0.1) is 0 Å². The van der Waals surface area contributed by atoms with Gasteiger partial charge in [0.2, 0.25) is 4.80 Å². The number of fused-ring (bicyclic) bond motifs is 1. The Morgan fingerprint density at radius 1 is 1.15 bits per heavy atom. The van der Waals surface area contributed by atoms with Crippen LogP contribution in [-0.2, 0) is 11.8 Å². The molecule has 0 spiro atoms. The molecule has 0 aliphatic carbocycles. The standard InChI is InChI=1S/C25H30N4O3S/c1-17-8-7-9-18(2)29(17)24(30)16-32-21-13-12-19(14-22(21)31-4)15-26-27-25-28(3)20-10-5-6-11-23(20)33-25/h5-6,10-15,17-18H,7-9,16H2,1-4H3/b26-15+,27-25-. The van der Waals surface area contributed by atoms with Crippen LogP contribution < -0.4 is 14.3 Å². The number of thiazole rings is 1. The lowest BCUT2D eigenvalue weighted by Crippen LogP contribution is -2.49. The third-order valence-electron chi connectivity index (χ3n) is 6.09. The van der Waals surface area contributed by atoms with Crippen molar-refractivity contribution < 1.29 is 14.3 Å². The Balaban J connectivity index is 1.45. The number of benzene rings is 2. The number of nitrogens with zero attached hydrogens (tertiary/aromatic N) is 4. The van der Waals surface area contributed by atoms with Crippen LogP contribution in [0.2, 0.25) is 0 Å². The quantitative estimate of drug-likeness (QED) is 0.401. The van der Waals surface area contributed by atoms with Gasteiger partial charge in [-0.3, -0.25) is 4.79 Å². The topological polar surface area (TPSA) is 68.4 Å². The number of carbonyl (C=O) groups excluding carboxylic acids is 1. The SMILES string of the molecule is COc1cc(/C=N/N=c2\sc3ccccc3n2C)ccc1OCC(=O)N1C(C)CCCC1C. The van der Waals surface area contributed by atoms with Crippen molar-refractivity contribution in [1.82, 2.24) is 9.47 Å². The summed E-state index contributed by atoms with van der Waals surface area (Å²) in [7, 11) is 3.57. The van der Waals surface area contributed by atoms with E-state index in [9.17, 15) is 4.79 Å². The molecule has 0 radical (unpaired) electrons. The first kappa shape index (κ1) is 23.0. The van der Waals surface area contributed by atoms with Crippen LogP contribution in [0.5, 0.6) is 11.5 Å². The zero-order chi connectivity index (χ0) is 23.4. The normalized spacial score (nSPS) is 19.4. The number of amides is 1. The number of para-hydroxylation sites is 1. The van der Waals surface area contributed by atoms with Gasteiger partial charge in [0.25, 0.3) is 5.91 Å².